The Balaban J connectivity index is 2.02. The molecule has 10 nitrogen and oxygen atoms in total. The van der Waals surface area contributed by atoms with Crippen LogP contribution in [0.2, 0.25) is 0 Å². The van der Waals surface area contributed by atoms with Crippen LogP contribution >= 0.6 is 0 Å². The number of carboxylic acids is 1. The summed E-state index contributed by atoms with van der Waals surface area (Å²) < 4.78 is 29.9. The van der Waals surface area contributed by atoms with E-state index < -0.39 is 34.7 Å². The molecule has 2 aliphatic rings. The number of likely N-dealkylation sites (tertiary alicyclic amines) is 1. The van der Waals surface area contributed by atoms with Crippen molar-refractivity contribution >= 4 is 27.8 Å². The second-order valence-electron chi connectivity index (χ2n) is 6.60. The van der Waals surface area contributed by atoms with Crippen LogP contribution in [0.4, 0.5) is 0 Å². The highest BCUT2D eigenvalue weighted by Gasteiger charge is 2.37. The Morgan fingerprint density at radius 2 is 1.96 bits per heavy atom. The summed E-state index contributed by atoms with van der Waals surface area (Å²) in [5.74, 6) is -1.58. The lowest BCUT2D eigenvalue weighted by Crippen LogP contribution is -2.55. The number of ether oxygens (including phenoxy) is 1. The van der Waals surface area contributed by atoms with Gasteiger partial charge in [0.15, 0.2) is 0 Å². The molecule has 2 amide bonds. The molecule has 0 aliphatic carbocycles. The van der Waals surface area contributed by atoms with E-state index in [1.165, 1.54) is 6.92 Å². The first kappa shape index (κ1) is 20.6. The smallest absolute Gasteiger partial charge is 0.318 e. The Labute approximate surface area is 152 Å². The molecule has 2 unspecified atom stereocenters. The topological polar surface area (TPSA) is 125 Å². The minimum atomic E-state index is -3.72. The lowest BCUT2D eigenvalue weighted by molar-refractivity contribution is -0.148. The normalized spacial score (nSPS) is 24.1. The Morgan fingerprint density at radius 3 is 2.54 bits per heavy atom. The number of aliphatic carboxylic acids is 1. The van der Waals surface area contributed by atoms with Gasteiger partial charge in [-0.3, -0.25) is 14.4 Å². The number of carboxylic acid groups (broad SMARTS) is 1. The molecule has 0 radical (unpaired) electrons. The average molecular weight is 391 g/mol. The molecular formula is C15H25N3O7S. The van der Waals surface area contributed by atoms with Crippen LogP contribution in [0, 0.1) is 0 Å². The van der Waals surface area contributed by atoms with Gasteiger partial charge in [0, 0.05) is 33.1 Å². The summed E-state index contributed by atoms with van der Waals surface area (Å²) in [6.45, 7) is 1.93. The quantitative estimate of drug-likeness (QED) is 0.589. The molecule has 2 saturated heterocycles. The third-order valence-corrected chi connectivity index (χ3v) is 5.80. The van der Waals surface area contributed by atoms with Gasteiger partial charge in [-0.15, -0.1) is 0 Å². The molecule has 0 spiro atoms. The average Bonchev–Trinajstić information content (AvgIpc) is 3.02. The van der Waals surface area contributed by atoms with Crippen molar-refractivity contribution in [2.45, 2.75) is 31.9 Å². The number of hydrogen-bond acceptors (Lipinski definition) is 6. The fourth-order valence-corrected chi connectivity index (χ4v) is 4.12. The Bertz CT molecular complexity index is 666. The number of rotatable bonds is 6. The monoisotopic (exact) mass is 391 g/mol. The van der Waals surface area contributed by atoms with Crippen LogP contribution in [0.15, 0.2) is 0 Å². The van der Waals surface area contributed by atoms with Gasteiger partial charge in [0.25, 0.3) is 0 Å². The zero-order valence-electron chi connectivity index (χ0n) is 15.0. The third-order valence-electron chi connectivity index (χ3n) is 4.58. The molecule has 2 fully saturated rings. The van der Waals surface area contributed by atoms with Gasteiger partial charge in [0.2, 0.25) is 21.8 Å². The maximum Gasteiger partial charge on any atom is 0.318 e. The van der Waals surface area contributed by atoms with Crippen molar-refractivity contribution in [3.63, 3.8) is 0 Å². The lowest BCUT2D eigenvalue weighted by atomic mass is 10.1. The molecule has 11 heteroatoms. The van der Waals surface area contributed by atoms with Gasteiger partial charge in [0.1, 0.15) is 12.6 Å². The number of amides is 2. The molecule has 148 valence electrons. The molecule has 2 aliphatic heterocycles. The van der Waals surface area contributed by atoms with Gasteiger partial charge in [-0.2, -0.15) is 4.31 Å². The van der Waals surface area contributed by atoms with Crippen molar-refractivity contribution in [2.75, 3.05) is 45.6 Å². The number of carbonyl (C=O) groups is 3. The van der Waals surface area contributed by atoms with Crippen LogP contribution in [0.5, 0.6) is 0 Å². The Kier molecular flexibility index (Phi) is 6.58. The van der Waals surface area contributed by atoms with E-state index in [1.54, 1.807) is 9.80 Å². The summed E-state index contributed by atoms with van der Waals surface area (Å²) in [6.07, 6.45) is 1.69. The van der Waals surface area contributed by atoms with E-state index in [1.807, 2.05) is 0 Å². The second kappa shape index (κ2) is 8.31. The SMILES string of the molecule is CC(=O)N1CCCC1C(=O)N1CCOC(CN(CC(=O)O)S(C)(=O)=O)C1. The first-order chi connectivity index (χ1) is 12.1. The van der Waals surface area contributed by atoms with E-state index in [-0.39, 0.29) is 31.5 Å². The van der Waals surface area contributed by atoms with Crippen molar-refractivity contribution in [3.05, 3.63) is 0 Å². The number of carbonyl (C=O) groups excluding carboxylic acids is 2. The Morgan fingerprint density at radius 1 is 1.27 bits per heavy atom. The second-order valence-corrected chi connectivity index (χ2v) is 8.58. The van der Waals surface area contributed by atoms with Gasteiger partial charge < -0.3 is 19.6 Å². The summed E-state index contributed by atoms with van der Waals surface area (Å²) in [5.41, 5.74) is 0. The number of nitrogens with zero attached hydrogens (tertiary/aromatic N) is 3. The van der Waals surface area contributed by atoms with E-state index in [2.05, 4.69) is 0 Å². The summed E-state index contributed by atoms with van der Waals surface area (Å²) >= 11 is 0. The summed E-state index contributed by atoms with van der Waals surface area (Å²) in [4.78, 5) is 38.5. The molecule has 0 aromatic rings. The highest BCUT2D eigenvalue weighted by Crippen LogP contribution is 2.21. The zero-order valence-corrected chi connectivity index (χ0v) is 15.8. The van der Waals surface area contributed by atoms with Crippen molar-refractivity contribution in [2.24, 2.45) is 0 Å². The predicted molar refractivity (Wildman–Crippen MR) is 90.8 cm³/mol. The van der Waals surface area contributed by atoms with Crippen LogP contribution in [-0.4, -0.2) is 103 Å². The molecule has 26 heavy (non-hydrogen) atoms. The number of morpholine rings is 1. The van der Waals surface area contributed by atoms with Gasteiger partial charge in [-0.25, -0.2) is 8.42 Å². The molecule has 2 atom stereocenters. The van der Waals surface area contributed by atoms with Crippen molar-refractivity contribution in [3.8, 4) is 0 Å². The van der Waals surface area contributed by atoms with Crippen LogP contribution in [-0.2, 0) is 29.1 Å². The van der Waals surface area contributed by atoms with Crippen molar-refractivity contribution in [1.29, 1.82) is 0 Å². The summed E-state index contributed by atoms with van der Waals surface area (Å²) in [7, 11) is -3.72. The van der Waals surface area contributed by atoms with Crippen molar-refractivity contribution < 1.29 is 32.6 Å². The van der Waals surface area contributed by atoms with E-state index in [0.717, 1.165) is 17.0 Å². The maximum absolute atomic E-state index is 12.8. The van der Waals surface area contributed by atoms with E-state index in [0.29, 0.717) is 19.5 Å². The number of sulfonamides is 1. The highest BCUT2D eigenvalue weighted by molar-refractivity contribution is 7.88. The van der Waals surface area contributed by atoms with E-state index >= 15 is 0 Å². The number of hydrogen-bond donors (Lipinski definition) is 1. The van der Waals surface area contributed by atoms with Crippen LogP contribution in [0.25, 0.3) is 0 Å². The maximum atomic E-state index is 12.8. The molecular weight excluding hydrogens is 366 g/mol. The summed E-state index contributed by atoms with van der Waals surface area (Å²) in [6, 6.07) is -0.490. The molecule has 2 rings (SSSR count). The molecule has 0 bridgehead atoms. The van der Waals surface area contributed by atoms with E-state index in [4.69, 9.17) is 9.84 Å². The Hall–Kier alpha value is -1.72. The largest absolute Gasteiger partial charge is 0.480 e. The fraction of sp³-hybridized carbons (Fsp3) is 0.800. The highest BCUT2D eigenvalue weighted by atomic mass is 32.2. The third kappa shape index (κ3) is 5.15. The lowest BCUT2D eigenvalue weighted by Gasteiger charge is -2.37. The molecule has 0 aromatic heterocycles. The molecule has 1 N–H and O–H groups in total. The first-order valence-corrected chi connectivity index (χ1v) is 10.3. The zero-order chi connectivity index (χ0) is 19.5. The molecule has 0 saturated carbocycles. The standard InChI is InChI=1S/C15H25N3O7S/c1-11(19)18-5-3-4-13(18)15(22)16-6-7-25-12(8-16)9-17(10-14(20)21)26(2,23)24/h12-13H,3-10H2,1-2H3,(H,20,21). The summed E-state index contributed by atoms with van der Waals surface area (Å²) in [5, 5.41) is 8.89. The molecule has 2 heterocycles. The van der Waals surface area contributed by atoms with Gasteiger partial charge in [-0.05, 0) is 12.8 Å². The minimum Gasteiger partial charge on any atom is -0.480 e. The minimum absolute atomic E-state index is 0.143. The fourth-order valence-electron chi connectivity index (χ4n) is 3.34. The molecule has 0 aromatic carbocycles. The van der Waals surface area contributed by atoms with Gasteiger partial charge in [-0.1, -0.05) is 0 Å². The van der Waals surface area contributed by atoms with Crippen LogP contribution < -0.4 is 0 Å². The first-order valence-electron chi connectivity index (χ1n) is 8.44. The van der Waals surface area contributed by atoms with Crippen LogP contribution in [0.1, 0.15) is 19.8 Å². The van der Waals surface area contributed by atoms with E-state index in [9.17, 15) is 22.8 Å². The van der Waals surface area contributed by atoms with Crippen LogP contribution in [0.3, 0.4) is 0 Å². The predicted octanol–water partition coefficient (Wildman–Crippen LogP) is -1.43. The van der Waals surface area contributed by atoms with Gasteiger partial charge >= 0.3 is 5.97 Å². The van der Waals surface area contributed by atoms with Gasteiger partial charge in [0.05, 0.1) is 19.0 Å². The van der Waals surface area contributed by atoms with Crippen molar-refractivity contribution in [1.82, 2.24) is 14.1 Å².